The topological polar surface area (TPSA) is 122 Å². The summed E-state index contributed by atoms with van der Waals surface area (Å²) in [6, 6.07) is 3.61. The van der Waals surface area contributed by atoms with Crippen molar-refractivity contribution in [3.05, 3.63) is 30.1 Å². The molecular weight excluding hydrogens is 620 g/mol. The van der Waals surface area contributed by atoms with Gasteiger partial charge in [0.1, 0.15) is 6.10 Å². The first-order valence-corrected chi connectivity index (χ1v) is 19.2. The summed E-state index contributed by atoms with van der Waals surface area (Å²) in [5, 5.41) is 34.2. The molecule has 0 bridgehead atoms. The highest BCUT2D eigenvalue weighted by Crippen LogP contribution is 2.89. The highest BCUT2D eigenvalue weighted by molar-refractivity contribution is 5.93. The van der Waals surface area contributed by atoms with Crippen molar-refractivity contribution in [2.75, 3.05) is 19.7 Å². The van der Waals surface area contributed by atoms with Gasteiger partial charge < -0.3 is 34.4 Å². The standard InChI is InChI=1S/C40H60N2O7/c1-23-19-25(32(43)36(4,5)46)48-31-30(23)37(6)14-15-40-22-39(40)13-12-28(35(2,3)26(39)10-11-27(40)38(37,7)33(31)44)49-29-21-42(17-18-47-29)34(45)24-9-8-16-41-20-24/h8-9,16,20,23,25-33,43-44,46H,10-15,17-19,21-22H2,1-7H3/t23-,25?,26+,27?,28?,29+,30+,31?,32?,33+,37?,38-,39?,40?/m1/s1. The van der Waals surface area contributed by atoms with Crippen molar-refractivity contribution in [2.45, 2.75) is 142 Å². The van der Waals surface area contributed by atoms with Crippen molar-refractivity contribution in [1.29, 1.82) is 0 Å². The third kappa shape index (κ3) is 4.64. The van der Waals surface area contributed by atoms with E-state index < -0.39 is 30.2 Å². The Kier molecular flexibility index (Phi) is 7.87. The van der Waals surface area contributed by atoms with Crippen molar-refractivity contribution >= 4 is 5.91 Å². The fraction of sp³-hybridized carbons (Fsp3) is 0.850. The van der Waals surface area contributed by atoms with Gasteiger partial charge in [-0.15, -0.1) is 0 Å². The van der Waals surface area contributed by atoms with Gasteiger partial charge in [0.05, 0.1) is 48.7 Å². The summed E-state index contributed by atoms with van der Waals surface area (Å²) >= 11 is 0. The van der Waals surface area contributed by atoms with E-state index in [4.69, 9.17) is 14.2 Å². The Morgan fingerprint density at radius 3 is 2.55 bits per heavy atom. The largest absolute Gasteiger partial charge is 0.390 e. The van der Waals surface area contributed by atoms with Gasteiger partial charge in [0, 0.05) is 24.4 Å². The van der Waals surface area contributed by atoms with Gasteiger partial charge >= 0.3 is 0 Å². The van der Waals surface area contributed by atoms with Gasteiger partial charge in [-0.3, -0.25) is 9.78 Å². The van der Waals surface area contributed by atoms with Crippen molar-refractivity contribution < 1.29 is 34.3 Å². The van der Waals surface area contributed by atoms with E-state index in [9.17, 15) is 20.1 Å². The highest BCUT2D eigenvalue weighted by Gasteiger charge is 2.84. The molecule has 8 unspecified atom stereocenters. The van der Waals surface area contributed by atoms with E-state index in [2.05, 4.69) is 39.6 Å². The summed E-state index contributed by atoms with van der Waals surface area (Å²) in [7, 11) is 0. The van der Waals surface area contributed by atoms with Crippen molar-refractivity contribution in [2.24, 2.45) is 50.7 Å². The second kappa shape index (κ2) is 11.2. The second-order valence-corrected chi connectivity index (χ2v) is 19.1. The van der Waals surface area contributed by atoms with Gasteiger partial charge in [-0.05, 0) is 123 Å². The highest BCUT2D eigenvalue weighted by atomic mass is 16.7. The van der Waals surface area contributed by atoms with E-state index >= 15 is 0 Å². The maximum Gasteiger partial charge on any atom is 0.255 e. The van der Waals surface area contributed by atoms with Crippen LogP contribution in [0.4, 0.5) is 0 Å². The maximum atomic E-state index is 13.2. The first kappa shape index (κ1) is 34.5. The Morgan fingerprint density at radius 1 is 1.10 bits per heavy atom. The first-order chi connectivity index (χ1) is 23.0. The molecule has 9 heteroatoms. The van der Waals surface area contributed by atoms with Crippen molar-refractivity contribution in [3.8, 4) is 0 Å². The van der Waals surface area contributed by atoms with E-state index in [1.165, 1.54) is 12.8 Å². The lowest BCUT2D eigenvalue weighted by molar-refractivity contribution is -0.245. The number of morpholine rings is 1. The molecule has 3 N–H and O–H groups in total. The number of hydrogen-bond donors (Lipinski definition) is 3. The van der Waals surface area contributed by atoms with E-state index in [0.717, 1.165) is 32.1 Å². The maximum absolute atomic E-state index is 13.2. The summed E-state index contributed by atoms with van der Waals surface area (Å²) in [4.78, 5) is 19.2. The predicted octanol–water partition coefficient (Wildman–Crippen LogP) is 5.21. The molecule has 14 atom stereocenters. The Bertz CT molecular complexity index is 1450. The van der Waals surface area contributed by atoms with Crippen LogP contribution in [0.15, 0.2) is 24.5 Å². The van der Waals surface area contributed by atoms with Crippen molar-refractivity contribution in [3.63, 3.8) is 0 Å². The van der Waals surface area contributed by atoms with Crippen molar-refractivity contribution in [1.82, 2.24) is 9.88 Å². The number of aliphatic hydroxyl groups is 3. The summed E-state index contributed by atoms with van der Waals surface area (Å²) in [6.07, 6.45) is 9.07. The minimum atomic E-state index is -1.26. The van der Waals surface area contributed by atoms with E-state index in [0.29, 0.717) is 43.5 Å². The van der Waals surface area contributed by atoms with E-state index in [-0.39, 0.29) is 57.0 Å². The quantitative estimate of drug-likeness (QED) is 0.388. The van der Waals surface area contributed by atoms with Gasteiger partial charge in [-0.25, -0.2) is 0 Å². The lowest BCUT2D eigenvalue weighted by Gasteiger charge is -2.64. The molecule has 5 saturated carbocycles. The molecule has 7 fully saturated rings. The minimum Gasteiger partial charge on any atom is -0.390 e. The molecule has 0 aromatic carbocycles. The fourth-order valence-electron chi connectivity index (χ4n) is 14.0. The Labute approximate surface area is 292 Å². The number of nitrogens with zero attached hydrogens (tertiary/aromatic N) is 2. The number of amides is 1. The summed E-state index contributed by atoms with van der Waals surface area (Å²) in [5.41, 5.74) is -0.567. The zero-order valence-electron chi connectivity index (χ0n) is 30.7. The smallest absolute Gasteiger partial charge is 0.255 e. The summed E-state index contributed by atoms with van der Waals surface area (Å²) in [6.45, 7) is 16.7. The molecule has 1 aromatic heterocycles. The molecule has 2 saturated heterocycles. The number of aliphatic hydroxyl groups excluding tert-OH is 2. The van der Waals surface area contributed by atoms with Crippen LogP contribution in [0.1, 0.15) is 110 Å². The Hall–Kier alpha value is -1.62. The number of carbonyl (C=O) groups is 1. The van der Waals surface area contributed by atoms with Crippen LogP contribution in [-0.4, -0.2) is 93.2 Å². The van der Waals surface area contributed by atoms with Crippen LogP contribution in [0.3, 0.4) is 0 Å². The van der Waals surface area contributed by atoms with Crippen LogP contribution in [0.2, 0.25) is 0 Å². The van der Waals surface area contributed by atoms with Crippen LogP contribution in [0, 0.1) is 50.7 Å². The zero-order valence-corrected chi connectivity index (χ0v) is 30.7. The third-order valence-corrected chi connectivity index (χ3v) is 16.4. The third-order valence-electron chi connectivity index (χ3n) is 16.4. The van der Waals surface area contributed by atoms with E-state index in [1.807, 2.05) is 11.0 Å². The number of fused-ring (bicyclic) bond motifs is 4. The molecule has 2 spiro atoms. The number of carbonyl (C=O) groups excluding carboxylic acids is 1. The SMILES string of the molecule is C[C@@H]1CC(C(O)C(C)(C)O)OC2[C@H]1C1(C)CCC34CC35CCC(O[C@H]3CN(C(=O)c6cccnc6)CCO3)C(C)(C)[C@@H]5CCC4[C@]1(C)[C@H]2O. The predicted molar refractivity (Wildman–Crippen MR) is 183 cm³/mol. The zero-order chi connectivity index (χ0) is 34.9. The Morgan fingerprint density at radius 2 is 1.84 bits per heavy atom. The van der Waals surface area contributed by atoms with Gasteiger partial charge in [0.15, 0.2) is 6.29 Å². The number of hydrogen-bond acceptors (Lipinski definition) is 8. The lowest BCUT2D eigenvalue weighted by atomic mass is 9.41. The van der Waals surface area contributed by atoms with E-state index in [1.54, 1.807) is 32.3 Å². The molecule has 7 aliphatic rings. The fourth-order valence-corrected chi connectivity index (χ4v) is 14.0. The molecule has 1 aromatic rings. The minimum absolute atomic E-state index is 0.0273. The molecule has 1 amide bonds. The van der Waals surface area contributed by atoms with Crippen LogP contribution in [-0.2, 0) is 14.2 Å². The van der Waals surface area contributed by atoms with Gasteiger partial charge in [0.25, 0.3) is 5.91 Å². The number of aromatic nitrogens is 1. The van der Waals surface area contributed by atoms with Crippen LogP contribution in [0.25, 0.3) is 0 Å². The molecule has 272 valence electrons. The molecule has 49 heavy (non-hydrogen) atoms. The summed E-state index contributed by atoms with van der Waals surface area (Å²) in [5.74, 6) is 1.43. The second-order valence-electron chi connectivity index (χ2n) is 19.1. The monoisotopic (exact) mass is 680 g/mol. The van der Waals surface area contributed by atoms with Crippen LogP contribution in [0.5, 0.6) is 0 Å². The lowest BCUT2D eigenvalue weighted by Crippen LogP contribution is -2.60. The molecule has 8 rings (SSSR count). The summed E-state index contributed by atoms with van der Waals surface area (Å²) < 4.78 is 19.6. The molecule has 0 radical (unpaired) electrons. The average Bonchev–Trinajstić information content (AvgIpc) is 3.70. The number of pyridine rings is 1. The molecule has 2 aliphatic heterocycles. The van der Waals surface area contributed by atoms with Gasteiger partial charge in [-0.2, -0.15) is 0 Å². The molecular formula is C40H60N2O7. The molecule has 9 nitrogen and oxygen atoms in total. The number of ether oxygens (including phenoxy) is 3. The van der Waals surface area contributed by atoms with Gasteiger partial charge in [-0.1, -0.05) is 34.6 Å². The molecule has 5 aliphatic carbocycles. The first-order valence-electron chi connectivity index (χ1n) is 19.2. The van der Waals surface area contributed by atoms with Crippen LogP contribution < -0.4 is 0 Å². The normalized spacial score (nSPS) is 49.1. The van der Waals surface area contributed by atoms with Gasteiger partial charge in [0.2, 0.25) is 0 Å². The Balaban J connectivity index is 1.00. The molecule has 3 heterocycles. The average molecular weight is 681 g/mol. The number of rotatable bonds is 5. The van der Waals surface area contributed by atoms with Crippen LogP contribution >= 0.6 is 0 Å².